The molecule has 0 fully saturated rings. The van der Waals surface area contributed by atoms with Crippen LogP contribution in [0.2, 0.25) is 5.02 Å². The lowest BCUT2D eigenvalue weighted by Crippen LogP contribution is -2.39. The minimum atomic E-state index is -3.71. The molecule has 1 atom stereocenters. The topological polar surface area (TPSA) is 57.7 Å². The fraction of sp³-hybridized carbons (Fsp3) is 0.320. The maximum atomic E-state index is 13.8. The van der Waals surface area contributed by atoms with E-state index in [4.69, 9.17) is 11.6 Å². The molecule has 0 radical (unpaired) electrons. The summed E-state index contributed by atoms with van der Waals surface area (Å²) in [4.78, 5) is 16.8. The third-order valence-electron chi connectivity index (χ3n) is 5.58. The Morgan fingerprint density at radius 1 is 1.03 bits per heavy atom. The van der Waals surface area contributed by atoms with Crippen LogP contribution in [0.25, 0.3) is 0 Å². The molecule has 0 aliphatic carbocycles. The Kier molecular flexibility index (Phi) is 8.70. The highest BCUT2D eigenvalue weighted by molar-refractivity contribution is 7.89. The molecular weight excluding hydrogens is 476 g/mol. The number of halogens is 1. The first-order chi connectivity index (χ1) is 15.8. The zero-order chi connectivity index (χ0) is 24.0. The van der Waals surface area contributed by atoms with Gasteiger partial charge in [-0.2, -0.15) is 4.31 Å². The number of hydrogen-bond donors (Lipinski definition) is 0. The van der Waals surface area contributed by atoms with Crippen molar-refractivity contribution < 1.29 is 13.2 Å². The molecule has 1 unspecified atom stereocenters. The summed E-state index contributed by atoms with van der Waals surface area (Å²) in [5.41, 5.74) is 1.19. The predicted octanol–water partition coefficient (Wildman–Crippen LogP) is 5.71. The summed E-state index contributed by atoms with van der Waals surface area (Å²) in [6.07, 6.45) is 0.700. The summed E-state index contributed by atoms with van der Waals surface area (Å²) in [6.45, 7) is 6.68. The Balaban J connectivity index is 1.99. The predicted molar refractivity (Wildman–Crippen MR) is 135 cm³/mol. The van der Waals surface area contributed by atoms with Crippen molar-refractivity contribution in [2.24, 2.45) is 0 Å². The minimum Gasteiger partial charge on any atom is -0.331 e. The molecule has 1 aromatic heterocycles. The summed E-state index contributed by atoms with van der Waals surface area (Å²) < 4.78 is 27.5. The Hall–Kier alpha value is -2.19. The molecule has 3 aromatic rings. The zero-order valence-electron chi connectivity index (χ0n) is 19.1. The third kappa shape index (κ3) is 6.03. The van der Waals surface area contributed by atoms with Gasteiger partial charge in [-0.25, -0.2) is 8.42 Å². The number of benzene rings is 2. The van der Waals surface area contributed by atoms with Crippen molar-refractivity contribution >= 4 is 38.9 Å². The van der Waals surface area contributed by atoms with E-state index in [1.165, 1.54) is 27.4 Å². The van der Waals surface area contributed by atoms with Crippen LogP contribution in [-0.2, 0) is 23.0 Å². The van der Waals surface area contributed by atoms with Crippen LogP contribution in [0.1, 0.15) is 41.6 Å². The third-order valence-corrected chi connectivity index (χ3v) is 8.85. The molecule has 8 heteroatoms. The monoisotopic (exact) mass is 504 g/mol. The molecule has 0 spiro atoms. The lowest BCUT2D eigenvalue weighted by molar-refractivity contribution is 0.0676. The van der Waals surface area contributed by atoms with Gasteiger partial charge >= 0.3 is 0 Å². The second kappa shape index (κ2) is 11.3. The number of hydrogen-bond acceptors (Lipinski definition) is 4. The van der Waals surface area contributed by atoms with Gasteiger partial charge in [-0.05, 0) is 42.1 Å². The summed E-state index contributed by atoms with van der Waals surface area (Å²) in [5.74, 6) is -0.287. The largest absolute Gasteiger partial charge is 0.331 e. The highest BCUT2D eigenvalue weighted by Crippen LogP contribution is 2.26. The second-order valence-corrected chi connectivity index (χ2v) is 11.2. The number of rotatable bonds is 10. The maximum Gasteiger partial charge on any atom is 0.255 e. The van der Waals surface area contributed by atoms with Crippen LogP contribution in [0.15, 0.2) is 70.9 Å². The van der Waals surface area contributed by atoms with Gasteiger partial charge in [-0.3, -0.25) is 4.79 Å². The number of thiophene rings is 1. The Labute approximate surface area is 205 Å². The van der Waals surface area contributed by atoms with Crippen molar-refractivity contribution in [1.29, 1.82) is 0 Å². The van der Waals surface area contributed by atoms with Crippen molar-refractivity contribution in [3.05, 3.63) is 87.1 Å². The van der Waals surface area contributed by atoms with Crippen molar-refractivity contribution in [2.75, 3.05) is 13.1 Å². The van der Waals surface area contributed by atoms with Crippen LogP contribution in [0.4, 0.5) is 0 Å². The summed E-state index contributed by atoms with van der Waals surface area (Å²) in [6, 6.07) is 18.1. The fourth-order valence-corrected chi connectivity index (χ4v) is 6.24. The first-order valence-corrected chi connectivity index (χ1v) is 13.6. The number of sulfonamides is 1. The van der Waals surface area contributed by atoms with E-state index in [-0.39, 0.29) is 27.4 Å². The summed E-state index contributed by atoms with van der Waals surface area (Å²) in [7, 11) is -3.71. The van der Waals surface area contributed by atoms with Gasteiger partial charge in [0, 0.05) is 37.0 Å². The first-order valence-electron chi connectivity index (χ1n) is 10.9. The standard InChI is InChI=1S/C25H29ClN2O3S2/c1-4-27(5-2)33(30,31)22-13-14-24(26)23(17-22)25(29)28(18-20-10-7-6-8-11-20)19(3)16-21-12-9-15-32-21/h6-15,17,19H,4-5,16,18H2,1-3H3. The molecule has 0 bridgehead atoms. The van der Waals surface area contributed by atoms with Crippen molar-refractivity contribution in [1.82, 2.24) is 9.21 Å². The SMILES string of the molecule is CCN(CC)S(=O)(=O)c1ccc(Cl)c(C(=O)N(Cc2ccccc2)C(C)Cc2cccs2)c1. The summed E-state index contributed by atoms with van der Waals surface area (Å²) in [5, 5.41) is 2.25. The van der Waals surface area contributed by atoms with Crippen LogP contribution >= 0.6 is 22.9 Å². The average molecular weight is 505 g/mol. The van der Waals surface area contributed by atoms with Crippen LogP contribution in [0, 0.1) is 0 Å². The molecule has 176 valence electrons. The van der Waals surface area contributed by atoms with Gasteiger partial charge in [-0.1, -0.05) is 61.8 Å². The number of carbonyl (C=O) groups is 1. The van der Waals surface area contributed by atoms with Crippen molar-refractivity contribution in [3.8, 4) is 0 Å². The van der Waals surface area contributed by atoms with Gasteiger partial charge < -0.3 is 4.90 Å². The highest BCUT2D eigenvalue weighted by atomic mass is 35.5. The molecule has 0 N–H and O–H groups in total. The lowest BCUT2D eigenvalue weighted by atomic mass is 10.1. The van der Waals surface area contributed by atoms with E-state index in [9.17, 15) is 13.2 Å². The minimum absolute atomic E-state index is 0.0736. The van der Waals surface area contributed by atoms with E-state index in [2.05, 4.69) is 6.07 Å². The molecule has 3 rings (SSSR count). The highest BCUT2D eigenvalue weighted by Gasteiger charge is 2.28. The number of amides is 1. The van der Waals surface area contributed by atoms with Crippen LogP contribution < -0.4 is 0 Å². The van der Waals surface area contributed by atoms with Crippen molar-refractivity contribution in [3.63, 3.8) is 0 Å². The fourth-order valence-electron chi connectivity index (χ4n) is 3.73. The quantitative estimate of drug-likeness (QED) is 0.355. The van der Waals surface area contributed by atoms with Gasteiger partial charge in [-0.15, -0.1) is 11.3 Å². The Bertz CT molecular complexity index is 1160. The summed E-state index contributed by atoms with van der Waals surface area (Å²) >= 11 is 8.08. The maximum absolute atomic E-state index is 13.8. The van der Waals surface area contributed by atoms with E-state index in [0.717, 1.165) is 5.56 Å². The first kappa shape index (κ1) is 25.4. The second-order valence-electron chi connectivity index (χ2n) is 7.78. The van der Waals surface area contributed by atoms with Gasteiger partial charge in [0.2, 0.25) is 10.0 Å². The molecule has 2 aromatic carbocycles. The van der Waals surface area contributed by atoms with Crippen LogP contribution in [0.5, 0.6) is 0 Å². The van der Waals surface area contributed by atoms with Gasteiger partial charge in [0.25, 0.3) is 5.91 Å². The molecule has 1 amide bonds. The molecule has 0 saturated carbocycles. The van der Waals surface area contributed by atoms with Gasteiger partial charge in [0.15, 0.2) is 0 Å². The molecule has 0 aliphatic rings. The van der Waals surface area contributed by atoms with Crippen LogP contribution in [-0.4, -0.2) is 42.7 Å². The van der Waals surface area contributed by atoms with Gasteiger partial charge in [0.05, 0.1) is 15.5 Å². The van der Waals surface area contributed by atoms with Crippen LogP contribution in [0.3, 0.4) is 0 Å². The molecule has 0 saturated heterocycles. The molecule has 0 aliphatic heterocycles. The Morgan fingerprint density at radius 3 is 2.33 bits per heavy atom. The zero-order valence-corrected chi connectivity index (χ0v) is 21.5. The molecular formula is C25H29ClN2O3S2. The van der Waals surface area contributed by atoms with E-state index in [1.54, 1.807) is 30.1 Å². The molecule has 1 heterocycles. The average Bonchev–Trinajstić information content (AvgIpc) is 3.31. The number of carbonyl (C=O) groups excluding carboxylic acids is 1. The molecule has 33 heavy (non-hydrogen) atoms. The normalized spacial score (nSPS) is 12.6. The lowest BCUT2D eigenvalue weighted by Gasteiger charge is -2.30. The Morgan fingerprint density at radius 2 is 1.73 bits per heavy atom. The van der Waals surface area contributed by atoms with Gasteiger partial charge in [0.1, 0.15) is 0 Å². The van der Waals surface area contributed by atoms with E-state index < -0.39 is 10.0 Å². The van der Waals surface area contributed by atoms with Crippen molar-refractivity contribution in [2.45, 2.75) is 44.7 Å². The van der Waals surface area contributed by atoms with E-state index >= 15 is 0 Å². The van der Waals surface area contributed by atoms with E-state index in [1.807, 2.05) is 48.7 Å². The van der Waals surface area contributed by atoms with E-state index in [0.29, 0.717) is 26.1 Å². The number of nitrogens with zero attached hydrogens (tertiary/aromatic N) is 2. The smallest absolute Gasteiger partial charge is 0.255 e. The molecule has 5 nitrogen and oxygen atoms in total.